The minimum atomic E-state index is -0.208. The van der Waals surface area contributed by atoms with E-state index in [1.54, 1.807) is 7.11 Å². The Morgan fingerprint density at radius 3 is 2.52 bits per heavy atom. The van der Waals surface area contributed by atoms with Gasteiger partial charge in [0.15, 0.2) is 0 Å². The molecule has 146 valence electrons. The van der Waals surface area contributed by atoms with Crippen LogP contribution in [0.15, 0.2) is 79.0 Å². The average molecular weight is 385 g/mol. The van der Waals surface area contributed by atoms with Crippen molar-refractivity contribution in [1.29, 1.82) is 0 Å². The minimum absolute atomic E-state index is 0.208. The van der Waals surface area contributed by atoms with Crippen molar-refractivity contribution in [3.8, 4) is 5.75 Å². The van der Waals surface area contributed by atoms with E-state index in [-0.39, 0.29) is 5.54 Å². The van der Waals surface area contributed by atoms with Crippen LogP contribution in [0.25, 0.3) is 10.9 Å². The topological polar surface area (TPSA) is 48.3 Å². The summed E-state index contributed by atoms with van der Waals surface area (Å²) < 4.78 is 12.9. The van der Waals surface area contributed by atoms with E-state index >= 15 is 0 Å². The van der Waals surface area contributed by atoms with Crippen molar-refractivity contribution in [2.75, 3.05) is 25.6 Å². The predicted octanol–water partition coefficient (Wildman–Crippen LogP) is 4.43. The number of aromatic nitrogens is 2. The van der Waals surface area contributed by atoms with Crippen molar-refractivity contribution in [3.05, 3.63) is 90.1 Å². The molecule has 1 aliphatic rings. The van der Waals surface area contributed by atoms with Crippen LogP contribution in [0.2, 0.25) is 0 Å². The molecule has 0 spiro atoms. The van der Waals surface area contributed by atoms with Crippen molar-refractivity contribution >= 4 is 16.6 Å². The Balaban J connectivity index is 1.40. The molecule has 5 nitrogen and oxygen atoms in total. The van der Waals surface area contributed by atoms with Crippen LogP contribution in [0.3, 0.4) is 0 Å². The van der Waals surface area contributed by atoms with Gasteiger partial charge in [-0.1, -0.05) is 42.5 Å². The number of nitrogens with zero attached hydrogens (tertiary/aromatic N) is 2. The third kappa shape index (κ3) is 3.34. The Kier molecular flexibility index (Phi) is 4.45. The highest BCUT2D eigenvalue weighted by atomic mass is 16.5. The first-order valence-corrected chi connectivity index (χ1v) is 9.76. The highest BCUT2D eigenvalue weighted by Gasteiger charge is 2.40. The lowest BCUT2D eigenvalue weighted by atomic mass is 9.87. The molecule has 0 aliphatic carbocycles. The molecule has 0 atom stereocenters. The summed E-state index contributed by atoms with van der Waals surface area (Å²) in [4.78, 5) is 0. The van der Waals surface area contributed by atoms with Gasteiger partial charge in [0.2, 0.25) is 0 Å². The van der Waals surface area contributed by atoms with Crippen LogP contribution in [-0.2, 0) is 16.8 Å². The Bertz CT molecular complexity index is 1120. The molecule has 1 aromatic heterocycles. The van der Waals surface area contributed by atoms with Crippen LogP contribution >= 0.6 is 0 Å². The zero-order chi connectivity index (χ0) is 19.7. The minimum Gasteiger partial charge on any atom is -0.497 e. The SMILES string of the molecule is COc1ccc(C2(Nc3ccc4c(cnn4Cc4ccccc4)c3)COC2)cc1. The van der Waals surface area contributed by atoms with Crippen molar-refractivity contribution in [2.24, 2.45) is 0 Å². The smallest absolute Gasteiger partial charge is 0.118 e. The molecule has 1 saturated heterocycles. The molecule has 3 aromatic carbocycles. The molecule has 5 heteroatoms. The second-order valence-electron chi connectivity index (χ2n) is 7.49. The van der Waals surface area contributed by atoms with E-state index in [4.69, 9.17) is 9.47 Å². The number of anilines is 1. The lowest BCUT2D eigenvalue weighted by Gasteiger charge is -2.43. The third-order valence-corrected chi connectivity index (χ3v) is 5.54. The fraction of sp³-hybridized carbons (Fsp3) is 0.208. The average Bonchev–Trinajstić information content (AvgIpc) is 3.13. The predicted molar refractivity (Wildman–Crippen MR) is 114 cm³/mol. The highest BCUT2D eigenvalue weighted by molar-refractivity contribution is 5.82. The Labute approximate surface area is 169 Å². The molecule has 2 heterocycles. The molecule has 0 radical (unpaired) electrons. The van der Waals surface area contributed by atoms with Crippen molar-refractivity contribution < 1.29 is 9.47 Å². The van der Waals surface area contributed by atoms with Gasteiger partial charge in [-0.3, -0.25) is 4.68 Å². The zero-order valence-electron chi connectivity index (χ0n) is 16.3. The summed E-state index contributed by atoms with van der Waals surface area (Å²) in [6.45, 7) is 2.05. The summed E-state index contributed by atoms with van der Waals surface area (Å²) in [5.41, 5.74) is 4.42. The van der Waals surface area contributed by atoms with E-state index in [0.717, 1.165) is 28.9 Å². The van der Waals surface area contributed by atoms with E-state index in [2.05, 4.69) is 65.0 Å². The first kappa shape index (κ1) is 17.8. The quantitative estimate of drug-likeness (QED) is 0.533. The molecular weight excluding hydrogens is 362 g/mol. The Morgan fingerprint density at radius 2 is 1.83 bits per heavy atom. The van der Waals surface area contributed by atoms with Gasteiger partial charge in [-0.2, -0.15) is 5.10 Å². The number of hydrogen-bond donors (Lipinski definition) is 1. The maximum atomic E-state index is 5.57. The fourth-order valence-electron chi connectivity index (χ4n) is 3.85. The zero-order valence-corrected chi connectivity index (χ0v) is 16.3. The van der Waals surface area contributed by atoms with Crippen LogP contribution in [0.1, 0.15) is 11.1 Å². The summed E-state index contributed by atoms with van der Waals surface area (Å²) in [6.07, 6.45) is 1.93. The second-order valence-corrected chi connectivity index (χ2v) is 7.49. The van der Waals surface area contributed by atoms with E-state index in [1.807, 2.05) is 29.1 Å². The summed E-state index contributed by atoms with van der Waals surface area (Å²) >= 11 is 0. The van der Waals surface area contributed by atoms with Gasteiger partial charge in [-0.15, -0.1) is 0 Å². The van der Waals surface area contributed by atoms with Gasteiger partial charge in [-0.05, 0) is 41.5 Å². The molecular formula is C24H23N3O2. The number of fused-ring (bicyclic) bond motifs is 1. The first-order chi connectivity index (χ1) is 14.3. The number of rotatable bonds is 6. The van der Waals surface area contributed by atoms with Gasteiger partial charge >= 0.3 is 0 Å². The van der Waals surface area contributed by atoms with Gasteiger partial charge in [0.05, 0.1) is 38.6 Å². The summed E-state index contributed by atoms with van der Waals surface area (Å²) in [6, 6.07) is 25.0. The van der Waals surface area contributed by atoms with Crippen molar-refractivity contribution in [1.82, 2.24) is 9.78 Å². The standard InChI is InChI=1S/C24H23N3O2/c1-28-22-10-7-20(8-11-22)24(16-29-17-24)26-21-9-12-23-19(13-21)14-25-27(23)15-18-5-3-2-4-6-18/h2-14,26H,15-17H2,1H3. The molecule has 0 amide bonds. The number of benzene rings is 3. The van der Waals surface area contributed by atoms with Crippen LogP contribution in [0, 0.1) is 0 Å². The van der Waals surface area contributed by atoms with Gasteiger partial charge in [0.1, 0.15) is 11.3 Å². The van der Waals surface area contributed by atoms with Gasteiger partial charge in [0, 0.05) is 11.1 Å². The lowest BCUT2D eigenvalue weighted by molar-refractivity contribution is -0.0447. The number of hydrogen-bond acceptors (Lipinski definition) is 4. The maximum absolute atomic E-state index is 5.57. The van der Waals surface area contributed by atoms with Gasteiger partial charge in [0.25, 0.3) is 0 Å². The molecule has 1 fully saturated rings. The monoisotopic (exact) mass is 385 g/mol. The third-order valence-electron chi connectivity index (χ3n) is 5.54. The number of ether oxygens (including phenoxy) is 2. The number of nitrogens with one attached hydrogen (secondary N) is 1. The number of methoxy groups -OCH3 is 1. The molecule has 0 saturated carbocycles. The van der Waals surface area contributed by atoms with Crippen LogP contribution < -0.4 is 10.1 Å². The van der Waals surface area contributed by atoms with Crippen LogP contribution in [-0.4, -0.2) is 30.1 Å². The van der Waals surface area contributed by atoms with E-state index < -0.39 is 0 Å². The van der Waals surface area contributed by atoms with Crippen molar-refractivity contribution in [3.63, 3.8) is 0 Å². The maximum Gasteiger partial charge on any atom is 0.118 e. The summed E-state index contributed by atoms with van der Waals surface area (Å²) in [5, 5.41) is 9.41. The lowest BCUT2D eigenvalue weighted by Crippen LogP contribution is -2.52. The van der Waals surface area contributed by atoms with Gasteiger partial charge < -0.3 is 14.8 Å². The van der Waals surface area contributed by atoms with Crippen LogP contribution in [0.5, 0.6) is 5.75 Å². The molecule has 1 aliphatic heterocycles. The first-order valence-electron chi connectivity index (χ1n) is 9.76. The van der Waals surface area contributed by atoms with Crippen molar-refractivity contribution in [2.45, 2.75) is 12.1 Å². The second kappa shape index (κ2) is 7.26. The van der Waals surface area contributed by atoms with Gasteiger partial charge in [-0.25, -0.2) is 0 Å². The summed E-state index contributed by atoms with van der Waals surface area (Å²) in [7, 11) is 1.68. The largest absolute Gasteiger partial charge is 0.497 e. The molecule has 5 rings (SSSR count). The normalized spacial score (nSPS) is 15.1. The van der Waals surface area contributed by atoms with Crippen LogP contribution in [0.4, 0.5) is 5.69 Å². The highest BCUT2D eigenvalue weighted by Crippen LogP contribution is 2.35. The Hall–Kier alpha value is -3.31. The Morgan fingerprint density at radius 1 is 1.03 bits per heavy atom. The van der Waals surface area contributed by atoms with E-state index in [9.17, 15) is 0 Å². The molecule has 29 heavy (non-hydrogen) atoms. The molecule has 4 aromatic rings. The molecule has 1 N–H and O–H groups in total. The molecule has 0 unspecified atom stereocenters. The summed E-state index contributed by atoms with van der Waals surface area (Å²) in [5.74, 6) is 0.858. The molecule has 0 bridgehead atoms. The van der Waals surface area contributed by atoms with E-state index in [1.165, 1.54) is 11.1 Å². The fourth-order valence-corrected chi connectivity index (χ4v) is 3.85. The van der Waals surface area contributed by atoms with E-state index in [0.29, 0.717) is 13.2 Å².